The van der Waals surface area contributed by atoms with E-state index in [0.29, 0.717) is 30.6 Å². The van der Waals surface area contributed by atoms with E-state index in [1.807, 2.05) is 13.8 Å². The van der Waals surface area contributed by atoms with E-state index in [2.05, 4.69) is 22.4 Å². The zero-order valence-corrected chi connectivity index (χ0v) is 11.8. The van der Waals surface area contributed by atoms with Gasteiger partial charge in [-0.2, -0.15) is 4.98 Å². The van der Waals surface area contributed by atoms with E-state index in [-0.39, 0.29) is 0 Å². The van der Waals surface area contributed by atoms with Crippen molar-refractivity contribution in [1.82, 2.24) is 15.5 Å². The Morgan fingerprint density at radius 1 is 1.47 bits per heavy atom. The highest BCUT2D eigenvalue weighted by atomic mass is 16.5. The minimum atomic E-state index is -0.848. The molecule has 6 heteroatoms. The predicted molar refractivity (Wildman–Crippen MR) is 70.6 cm³/mol. The molecule has 0 saturated heterocycles. The van der Waals surface area contributed by atoms with Crippen LogP contribution in [0, 0.1) is 5.92 Å². The Morgan fingerprint density at radius 2 is 2.21 bits per heavy atom. The fraction of sp³-hybridized carbons (Fsp3) is 0.769. The topological polar surface area (TPSA) is 88.2 Å². The molecule has 1 heterocycles. The molecule has 0 radical (unpaired) electrons. The van der Waals surface area contributed by atoms with Crippen LogP contribution in [0.3, 0.4) is 0 Å². The largest absolute Gasteiger partial charge is 0.480 e. The number of aryl methyl sites for hydroxylation is 1. The summed E-state index contributed by atoms with van der Waals surface area (Å²) in [6.45, 7) is 6.38. The molecule has 1 rings (SSSR count). The standard InChI is InChI=1S/C13H23N3O3/c1-4-5-6-11-15-12(19-16-11)8-14-10(13(17)18)7-9(2)3/h9-10,14H,4-8H2,1-3H3,(H,17,18). The average Bonchev–Trinajstić information content (AvgIpc) is 2.79. The molecular formula is C13H23N3O3. The van der Waals surface area contributed by atoms with Crippen molar-refractivity contribution < 1.29 is 14.4 Å². The van der Waals surface area contributed by atoms with E-state index < -0.39 is 12.0 Å². The lowest BCUT2D eigenvalue weighted by Gasteiger charge is -2.14. The lowest BCUT2D eigenvalue weighted by atomic mass is 10.0. The number of carbonyl (C=O) groups is 1. The number of carboxylic acids is 1. The van der Waals surface area contributed by atoms with Crippen LogP contribution in [0.25, 0.3) is 0 Å². The summed E-state index contributed by atoms with van der Waals surface area (Å²) >= 11 is 0. The second-order valence-corrected chi connectivity index (χ2v) is 5.11. The van der Waals surface area contributed by atoms with Crippen molar-refractivity contribution in [2.45, 2.75) is 59.0 Å². The third kappa shape index (κ3) is 5.83. The Hall–Kier alpha value is -1.43. The number of nitrogens with zero attached hydrogens (tertiary/aromatic N) is 2. The van der Waals surface area contributed by atoms with Gasteiger partial charge in [0.15, 0.2) is 5.82 Å². The minimum absolute atomic E-state index is 0.294. The number of hydrogen-bond acceptors (Lipinski definition) is 5. The van der Waals surface area contributed by atoms with Crippen molar-refractivity contribution >= 4 is 5.97 Å². The zero-order chi connectivity index (χ0) is 14.3. The molecular weight excluding hydrogens is 246 g/mol. The van der Waals surface area contributed by atoms with Crippen LogP contribution in [-0.4, -0.2) is 27.3 Å². The van der Waals surface area contributed by atoms with E-state index in [1.54, 1.807) is 0 Å². The molecule has 0 aliphatic heterocycles. The monoisotopic (exact) mass is 269 g/mol. The maximum Gasteiger partial charge on any atom is 0.320 e. The first-order valence-electron chi connectivity index (χ1n) is 6.80. The molecule has 19 heavy (non-hydrogen) atoms. The third-order valence-corrected chi connectivity index (χ3v) is 2.77. The number of rotatable bonds is 9. The van der Waals surface area contributed by atoms with Crippen molar-refractivity contribution in [3.63, 3.8) is 0 Å². The normalized spacial score (nSPS) is 12.8. The summed E-state index contributed by atoms with van der Waals surface area (Å²) in [5.74, 6) is 0.603. The van der Waals surface area contributed by atoms with Gasteiger partial charge >= 0.3 is 5.97 Å². The van der Waals surface area contributed by atoms with Crippen LogP contribution in [-0.2, 0) is 17.8 Å². The molecule has 1 aromatic heterocycles. The van der Waals surface area contributed by atoms with Gasteiger partial charge in [0.05, 0.1) is 6.54 Å². The maximum absolute atomic E-state index is 11.1. The Balaban J connectivity index is 2.45. The number of hydrogen-bond donors (Lipinski definition) is 2. The van der Waals surface area contributed by atoms with Gasteiger partial charge < -0.3 is 9.63 Å². The number of nitrogens with one attached hydrogen (secondary N) is 1. The first-order chi connectivity index (χ1) is 9.02. The molecule has 0 bridgehead atoms. The summed E-state index contributed by atoms with van der Waals surface area (Å²) in [7, 11) is 0. The molecule has 0 saturated carbocycles. The fourth-order valence-electron chi connectivity index (χ4n) is 1.75. The van der Waals surface area contributed by atoms with Crippen LogP contribution >= 0.6 is 0 Å². The zero-order valence-electron chi connectivity index (χ0n) is 11.8. The van der Waals surface area contributed by atoms with Crippen LogP contribution in [0.2, 0.25) is 0 Å². The summed E-state index contributed by atoms with van der Waals surface area (Å²) in [5, 5.41) is 15.9. The Morgan fingerprint density at radius 3 is 2.79 bits per heavy atom. The van der Waals surface area contributed by atoms with E-state index >= 15 is 0 Å². The van der Waals surface area contributed by atoms with Crippen molar-refractivity contribution in [2.75, 3.05) is 0 Å². The Bertz CT molecular complexity index is 390. The SMILES string of the molecule is CCCCc1noc(CNC(CC(C)C)C(=O)O)n1. The van der Waals surface area contributed by atoms with Crippen molar-refractivity contribution in [1.29, 1.82) is 0 Å². The van der Waals surface area contributed by atoms with E-state index in [9.17, 15) is 4.79 Å². The second kappa shape index (κ2) is 7.89. The van der Waals surface area contributed by atoms with E-state index in [1.165, 1.54) is 0 Å². The fourth-order valence-corrected chi connectivity index (χ4v) is 1.75. The summed E-state index contributed by atoms with van der Waals surface area (Å²) in [6.07, 6.45) is 3.48. The summed E-state index contributed by atoms with van der Waals surface area (Å²) in [4.78, 5) is 15.3. The lowest BCUT2D eigenvalue weighted by molar-refractivity contribution is -0.140. The van der Waals surface area contributed by atoms with Gasteiger partial charge in [0.1, 0.15) is 6.04 Å². The molecule has 0 amide bonds. The quantitative estimate of drug-likeness (QED) is 0.713. The predicted octanol–water partition coefficient (Wildman–Crippen LogP) is 2.00. The molecule has 0 aliphatic carbocycles. The van der Waals surface area contributed by atoms with Crippen molar-refractivity contribution in [3.8, 4) is 0 Å². The first-order valence-corrected chi connectivity index (χ1v) is 6.80. The van der Waals surface area contributed by atoms with Crippen LogP contribution in [0.15, 0.2) is 4.52 Å². The number of aromatic nitrogens is 2. The Kier molecular flexibility index (Phi) is 6.49. The number of aliphatic carboxylic acids is 1. The van der Waals surface area contributed by atoms with Gasteiger partial charge in [-0.1, -0.05) is 32.3 Å². The van der Waals surface area contributed by atoms with Gasteiger partial charge in [0.25, 0.3) is 0 Å². The van der Waals surface area contributed by atoms with Gasteiger partial charge in [0, 0.05) is 6.42 Å². The van der Waals surface area contributed by atoms with Crippen molar-refractivity contribution in [2.24, 2.45) is 5.92 Å². The molecule has 108 valence electrons. The van der Waals surface area contributed by atoms with Gasteiger partial charge in [-0.05, 0) is 18.8 Å². The van der Waals surface area contributed by atoms with E-state index in [4.69, 9.17) is 9.63 Å². The average molecular weight is 269 g/mol. The highest BCUT2D eigenvalue weighted by Crippen LogP contribution is 2.07. The maximum atomic E-state index is 11.1. The first kappa shape index (κ1) is 15.6. The molecule has 1 aromatic rings. The number of unbranched alkanes of at least 4 members (excludes halogenated alkanes) is 1. The Labute approximate surface area is 113 Å². The molecule has 1 unspecified atom stereocenters. The minimum Gasteiger partial charge on any atom is -0.480 e. The smallest absolute Gasteiger partial charge is 0.320 e. The highest BCUT2D eigenvalue weighted by Gasteiger charge is 2.19. The van der Waals surface area contributed by atoms with E-state index in [0.717, 1.165) is 19.3 Å². The molecule has 6 nitrogen and oxygen atoms in total. The van der Waals surface area contributed by atoms with Crippen LogP contribution < -0.4 is 5.32 Å². The van der Waals surface area contributed by atoms with Gasteiger partial charge in [-0.3, -0.25) is 10.1 Å². The molecule has 1 atom stereocenters. The second-order valence-electron chi connectivity index (χ2n) is 5.11. The molecule has 0 aliphatic rings. The third-order valence-electron chi connectivity index (χ3n) is 2.77. The van der Waals surface area contributed by atoms with Crippen LogP contribution in [0.5, 0.6) is 0 Å². The summed E-state index contributed by atoms with van der Waals surface area (Å²) in [5.41, 5.74) is 0. The molecule has 2 N–H and O–H groups in total. The molecule has 0 aromatic carbocycles. The lowest BCUT2D eigenvalue weighted by Crippen LogP contribution is -2.37. The molecule has 0 fully saturated rings. The summed E-state index contributed by atoms with van der Waals surface area (Å²) in [6, 6.07) is -0.578. The van der Waals surface area contributed by atoms with Crippen LogP contribution in [0.4, 0.5) is 0 Å². The molecule has 0 spiro atoms. The van der Waals surface area contributed by atoms with Gasteiger partial charge in [-0.25, -0.2) is 0 Å². The van der Waals surface area contributed by atoms with Gasteiger partial charge in [-0.15, -0.1) is 0 Å². The number of carboxylic acid groups (broad SMARTS) is 1. The van der Waals surface area contributed by atoms with Crippen molar-refractivity contribution in [3.05, 3.63) is 11.7 Å². The van der Waals surface area contributed by atoms with Crippen LogP contribution in [0.1, 0.15) is 51.7 Å². The summed E-state index contributed by atoms with van der Waals surface area (Å²) < 4.78 is 5.08. The van der Waals surface area contributed by atoms with Gasteiger partial charge in [0.2, 0.25) is 5.89 Å². The highest BCUT2D eigenvalue weighted by molar-refractivity contribution is 5.73.